The highest BCUT2D eigenvalue weighted by molar-refractivity contribution is 5.75. The monoisotopic (exact) mass is 801 g/mol. The molecule has 0 amide bonds. The van der Waals surface area contributed by atoms with Gasteiger partial charge in [0, 0.05) is 17.9 Å². The van der Waals surface area contributed by atoms with E-state index in [-0.39, 0.29) is 5.92 Å². The van der Waals surface area contributed by atoms with Gasteiger partial charge in [0.05, 0.1) is 0 Å². The second kappa shape index (κ2) is 17.2. The molecular formula is C61H55N. The summed E-state index contributed by atoms with van der Waals surface area (Å²) in [4.78, 5) is 0. The minimum atomic E-state index is 0.226. The van der Waals surface area contributed by atoms with Crippen LogP contribution < -0.4 is 5.32 Å². The molecule has 1 saturated heterocycles. The fourth-order valence-corrected chi connectivity index (χ4v) is 11.9. The van der Waals surface area contributed by atoms with Crippen molar-refractivity contribution in [1.29, 1.82) is 0 Å². The molecule has 2 aliphatic carbocycles. The SMILES string of the molecule is c1ccc(-c2ccccc2C(c2ccccc2-c2ccccc2)C2CCC(c3ccc(-c4ccccc4)c([C@@H](c4ccccc4-c4ccccc4)C4CCCN4)c3)[C@H]3CC23)cc1. The Hall–Kier alpha value is -6.28. The molecular weight excluding hydrogens is 747 g/mol. The van der Waals surface area contributed by atoms with E-state index in [0.29, 0.717) is 35.6 Å². The first-order valence-corrected chi connectivity index (χ1v) is 23.2. The van der Waals surface area contributed by atoms with Crippen LogP contribution in [0.4, 0.5) is 0 Å². The highest BCUT2D eigenvalue weighted by Gasteiger charge is 2.53. The van der Waals surface area contributed by atoms with Gasteiger partial charge in [-0.1, -0.05) is 212 Å². The summed E-state index contributed by atoms with van der Waals surface area (Å²) in [6.07, 6.45) is 6.11. The quantitative estimate of drug-likeness (QED) is 0.137. The van der Waals surface area contributed by atoms with Crippen molar-refractivity contribution >= 4 is 0 Å². The van der Waals surface area contributed by atoms with Crippen molar-refractivity contribution in [3.05, 3.63) is 240 Å². The molecule has 0 radical (unpaired) electrons. The van der Waals surface area contributed by atoms with Crippen molar-refractivity contribution in [3.8, 4) is 44.5 Å². The minimum Gasteiger partial charge on any atom is -0.313 e. The Bertz CT molecular complexity index is 2670. The molecule has 0 aromatic heterocycles. The lowest BCUT2D eigenvalue weighted by Gasteiger charge is -2.37. The van der Waals surface area contributed by atoms with Crippen LogP contribution in [0.3, 0.4) is 0 Å². The smallest absolute Gasteiger partial charge is 0.0255 e. The summed E-state index contributed by atoms with van der Waals surface area (Å²) in [7, 11) is 0. The Morgan fingerprint density at radius 2 is 0.806 bits per heavy atom. The van der Waals surface area contributed by atoms with Gasteiger partial charge < -0.3 is 5.32 Å². The van der Waals surface area contributed by atoms with Crippen LogP contribution in [0.5, 0.6) is 0 Å². The molecule has 6 atom stereocenters. The number of rotatable bonds is 11. The van der Waals surface area contributed by atoms with Crippen molar-refractivity contribution in [2.45, 2.75) is 55.9 Å². The van der Waals surface area contributed by atoms with Gasteiger partial charge in [-0.05, 0) is 135 Å². The molecule has 1 N–H and O–H groups in total. The second-order valence-electron chi connectivity index (χ2n) is 18.1. The first-order valence-electron chi connectivity index (χ1n) is 23.2. The van der Waals surface area contributed by atoms with Crippen LogP contribution in [0, 0.1) is 17.8 Å². The largest absolute Gasteiger partial charge is 0.313 e. The van der Waals surface area contributed by atoms with E-state index in [1.807, 2.05) is 0 Å². The van der Waals surface area contributed by atoms with Gasteiger partial charge in [0.25, 0.3) is 0 Å². The molecule has 0 bridgehead atoms. The molecule has 0 spiro atoms. The van der Waals surface area contributed by atoms with Gasteiger partial charge in [-0.2, -0.15) is 0 Å². The summed E-state index contributed by atoms with van der Waals surface area (Å²) in [5, 5.41) is 4.01. The first kappa shape index (κ1) is 38.6. The summed E-state index contributed by atoms with van der Waals surface area (Å²) in [6.45, 7) is 1.07. The van der Waals surface area contributed by atoms with Gasteiger partial charge in [-0.3, -0.25) is 0 Å². The van der Waals surface area contributed by atoms with Crippen molar-refractivity contribution in [2.24, 2.45) is 17.8 Å². The van der Waals surface area contributed by atoms with Crippen molar-refractivity contribution in [1.82, 2.24) is 5.32 Å². The molecule has 304 valence electrons. The zero-order valence-electron chi connectivity index (χ0n) is 35.5. The van der Waals surface area contributed by atoms with Crippen LogP contribution in [0.1, 0.15) is 77.7 Å². The lowest BCUT2D eigenvalue weighted by Crippen LogP contribution is -2.30. The topological polar surface area (TPSA) is 12.0 Å². The third-order valence-electron chi connectivity index (χ3n) is 14.8. The molecule has 1 aliphatic heterocycles. The van der Waals surface area contributed by atoms with E-state index in [1.165, 1.54) is 104 Å². The van der Waals surface area contributed by atoms with E-state index in [1.54, 1.807) is 0 Å². The molecule has 3 aliphatic rings. The Labute approximate surface area is 368 Å². The molecule has 1 heterocycles. The van der Waals surface area contributed by atoms with Gasteiger partial charge in [-0.25, -0.2) is 0 Å². The average Bonchev–Trinajstić information content (AvgIpc) is 3.99. The predicted octanol–water partition coefficient (Wildman–Crippen LogP) is 15.2. The van der Waals surface area contributed by atoms with E-state index < -0.39 is 0 Å². The van der Waals surface area contributed by atoms with Gasteiger partial charge in [0.2, 0.25) is 0 Å². The van der Waals surface area contributed by atoms with Crippen LogP contribution in [0.2, 0.25) is 0 Å². The van der Waals surface area contributed by atoms with Crippen LogP contribution >= 0.6 is 0 Å². The number of nitrogens with one attached hydrogen (secondary N) is 1. The maximum Gasteiger partial charge on any atom is 0.0255 e. The summed E-state index contributed by atoms with van der Waals surface area (Å²) < 4.78 is 0. The Morgan fingerprint density at radius 1 is 0.371 bits per heavy atom. The highest BCUT2D eigenvalue weighted by atomic mass is 14.9. The van der Waals surface area contributed by atoms with E-state index in [2.05, 4.69) is 218 Å². The number of hydrogen-bond acceptors (Lipinski definition) is 1. The number of benzene rings is 8. The maximum absolute atomic E-state index is 4.01. The Kier molecular flexibility index (Phi) is 10.7. The van der Waals surface area contributed by atoms with Gasteiger partial charge >= 0.3 is 0 Å². The van der Waals surface area contributed by atoms with Crippen molar-refractivity contribution in [2.75, 3.05) is 6.54 Å². The van der Waals surface area contributed by atoms with Crippen LogP contribution in [-0.4, -0.2) is 12.6 Å². The number of hydrogen-bond donors (Lipinski definition) is 1. The van der Waals surface area contributed by atoms with Gasteiger partial charge in [0.1, 0.15) is 0 Å². The molecule has 1 nitrogen and oxygen atoms in total. The maximum atomic E-state index is 4.01. The summed E-state index contributed by atoms with van der Waals surface area (Å²) in [5.74, 6) is 2.98. The molecule has 1 heteroatoms. The molecule has 8 aromatic carbocycles. The standard InChI is InChI=1S/C61H55N/c1-5-20-42(21-6-1)47-28-13-16-31-52(47)60(53-32-17-14-29-48(53)43-22-7-2-8-23-43)55-38-37-51(56-41-57(55)56)46-35-36-50(45-26-11-4-12-27-45)58(40-46)61(59-34-19-39-62-59)54-33-18-15-30-49(54)44-24-9-3-10-25-44/h1-18,20-33,35-36,40,51,55-57,59-62H,19,34,37-39,41H2/t51?,55?,56-,57?,59?,61-/m1/s1. The van der Waals surface area contributed by atoms with Gasteiger partial charge in [-0.15, -0.1) is 0 Å². The third-order valence-corrected chi connectivity index (χ3v) is 14.8. The van der Waals surface area contributed by atoms with E-state index in [0.717, 1.165) is 6.54 Å². The lowest BCUT2D eigenvalue weighted by molar-refractivity contribution is 0.281. The van der Waals surface area contributed by atoms with E-state index in [9.17, 15) is 0 Å². The van der Waals surface area contributed by atoms with Crippen molar-refractivity contribution in [3.63, 3.8) is 0 Å². The van der Waals surface area contributed by atoms with Crippen LogP contribution in [-0.2, 0) is 0 Å². The lowest BCUT2D eigenvalue weighted by atomic mass is 9.67. The minimum absolute atomic E-state index is 0.226. The molecule has 11 rings (SSSR count). The zero-order chi connectivity index (χ0) is 41.2. The summed E-state index contributed by atoms with van der Waals surface area (Å²) >= 11 is 0. The Balaban J connectivity index is 1.00. The third kappa shape index (κ3) is 7.43. The highest BCUT2D eigenvalue weighted by Crippen LogP contribution is 2.64. The van der Waals surface area contributed by atoms with Crippen molar-refractivity contribution < 1.29 is 0 Å². The average molecular weight is 802 g/mol. The first-order chi connectivity index (χ1) is 30.8. The zero-order valence-corrected chi connectivity index (χ0v) is 35.5. The van der Waals surface area contributed by atoms with Crippen LogP contribution in [0.25, 0.3) is 44.5 Å². The van der Waals surface area contributed by atoms with Crippen LogP contribution in [0.15, 0.2) is 212 Å². The summed E-state index contributed by atoms with van der Waals surface area (Å²) in [5.41, 5.74) is 18.0. The second-order valence-corrected chi connectivity index (χ2v) is 18.1. The molecule has 62 heavy (non-hydrogen) atoms. The van der Waals surface area contributed by atoms with Gasteiger partial charge in [0.15, 0.2) is 0 Å². The molecule has 3 fully saturated rings. The molecule has 4 unspecified atom stereocenters. The number of fused-ring (bicyclic) bond motifs is 1. The molecule has 8 aromatic rings. The van der Waals surface area contributed by atoms with E-state index in [4.69, 9.17) is 0 Å². The molecule has 2 saturated carbocycles. The fraction of sp³-hybridized carbons (Fsp3) is 0.213. The summed E-state index contributed by atoms with van der Waals surface area (Å²) in [6, 6.07) is 80.3. The fourth-order valence-electron chi connectivity index (χ4n) is 11.9. The van der Waals surface area contributed by atoms with E-state index >= 15 is 0 Å². The Morgan fingerprint density at radius 3 is 1.27 bits per heavy atom. The predicted molar refractivity (Wildman–Crippen MR) is 259 cm³/mol. The normalized spacial score (nSPS) is 21.0.